The molecule has 1 aromatic rings. The quantitative estimate of drug-likeness (QED) is 0.804. The molecule has 0 saturated carbocycles. The van der Waals surface area contributed by atoms with Crippen molar-refractivity contribution in [2.75, 3.05) is 6.54 Å². The lowest BCUT2D eigenvalue weighted by Crippen LogP contribution is -2.41. The van der Waals surface area contributed by atoms with Gasteiger partial charge in [-0.3, -0.25) is 4.79 Å². The van der Waals surface area contributed by atoms with Gasteiger partial charge in [-0.1, -0.05) is 12.1 Å². The molecule has 0 fully saturated rings. The first-order valence-corrected chi connectivity index (χ1v) is 6.55. The van der Waals surface area contributed by atoms with Gasteiger partial charge in [-0.05, 0) is 44.9 Å². The van der Waals surface area contributed by atoms with E-state index in [1.54, 1.807) is 13.0 Å². The number of carbonyl (C=O) groups is 1. The van der Waals surface area contributed by atoms with Gasteiger partial charge >= 0.3 is 0 Å². The third kappa shape index (κ3) is 6.34. The molecule has 1 amide bonds. The fourth-order valence-corrected chi connectivity index (χ4v) is 1.73. The van der Waals surface area contributed by atoms with E-state index >= 15 is 0 Å². The molecule has 0 heterocycles. The van der Waals surface area contributed by atoms with Crippen LogP contribution >= 0.6 is 0 Å². The second-order valence-corrected chi connectivity index (χ2v) is 5.81. The molecule has 0 spiro atoms. The van der Waals surface area contributed by atoms with E-state index in [9.17, 15) is 9.18 Å². The van der Waals surface area contributed by atoms with E-state index < -0.39 is 0 Å². The minimum atomic E-state index is -0.189. The molecule has 2 N–H and O–H groups in total. The summed E-state index contributed by atoms with van der Waals surface area (Å²) in [7, 11) is 0. The molecule has 0 aliphatic carbocycles. The molecule has 1 rings (SSSR count). The van der Waals surface area contributed by atoms with Crippen LogP contribution in [0.5, 0.6) is 0 Å². The molecule has 4 heteroatoms. The molecule has 0 unspecified atom stereocenters. The zero-order chi connectivity index (χ0) is 14.5. The van der Waals surface area contributed by atoms with Crippen LogP contribution in [0.2, 0.25) is 0 Å². The Morgan fingerprint density at radius 3 is 2.58 bits per heavy atom. The first-order chi connectivity index (χ1) is 8.78. The molecule has 106 valence electrons. The van der Waals surface area contributed by atoms with Crippen LogP contribution in [0.1, 0.15) is 38.3 Å². The number of hydrogen-bond acceptors (Lipinski definition) is 2. The number of benzene rings is 1. The van der Waals surface area contributed by atoms with Crippen molar-refractivity contribution < 1.29 is 9.18 Å². The molecule has 0 radical (unpaired) electrons. The van der Waals surface area contributed by atoms with Crippen LogP contribution < -0.4 is 10.6 Å². The van der Waals surface area contributed by atoms with Crippen LogP contribution in [-0.4, -0.2) is 18.0 Å². The molecule has 0 saturated heterocycles. The lowest BCUT2D eigenvalue weighted by Gasteiger charge is -2.20. The zero-order valence-electron chi connectivity index (χ0n) is 12.1. The monoisotopic (exact) mass is 266 g/mol. The highest BCUT2D eigenvalue weighted by Gasteiger charge is 2.12. The van der Waals surface area contributed by atoms with Crippen LogP contribution in [0.15, 0.2) is 18.2 Å². The maximum absolute atomic E-state index is 13.1. The molecule has 0 aliphatic rings. The number of halogens is 1. The molecule has 0 bridgehead atoms. The fraction of sp³-hybridized carbons (Fsp3) is 0.533. The second kappa shape index (κ2) is 6.66. The van der Waals surface area contributed by atoms with Crippen molar-refractivity contribution in [3.05, 3.63) is 35.1 Å². The SMILES string of the molecule is Cc1cc(CNCCC(=O)NC(C)(C)C)ccc1F. The first-order valence-electron chi connectivity index (χ1n) is 6.55. The Hall–Kier alpha value is -1.42. The summed E-state index contributed by atoms with van der Waals surface area (Å²) in [5, 5.41) is 6.09. The van der Waals surface area contributed by atoms with E-state index in [1.807, 2.05) is 26.8 Å². The minimum Gasteiger partial charge on any atom is -0.351 e. The Morgan fingerprint density at radius 2 is 2.00 bits per heavy atom. The highest BCUT2D eigenvalue weighted by Crippen LogP contribution is 2.08. The summed E-state index contributed by atoms with van der Waals surface area (Å²) in [6.45, 7) is 8.87. The molecule has 19 heavy (non-hydrogen) atoms. The van der Waals surface area contributed by atoms with E-state index in [2.05, 4.69) is 10.6 Å². The highest BCUT2D eigenvalue weighted by atomic mass is 19.1. The summed E-state index contributed by atoms with van der Waals surface area (Å²) >= 11 is 0. The predicted molar refractivity (Wildman–Crippen MR) is 75.4 cm³/mol. The third-order valence-electron chi connectivity index (χ3n) is 2.59. The summed E-state index contributed by atoms with van der Waals surface area (Å²) in [5.41, 5.74) is 1.48. The topological polar surface area (TPSA) is 41.1 Å². The van der Waals surface area contributed by atoms with Gasteiger partial charge in [0.05, 0.1) is 0 Å². The van der Waals surface area contributed by atoms with Gasteiger partial charge < -0.3 is 10.6 Å². The average Bonchev–Trinajstić information content (AvgIpc) is 2.27. The molecule has 0 aliphatic heterocycles. The van der Waals surface area contributed by atoms with E-state index in [4.69, 9.17) is 0 Å². The Labute approximate surface area is 114 Å². The van der Waals surface area contributed by atoms with Crippen molar-refractivity contribution >= 4 is 5.91 Å². The van der Waals surface area contributed by atoms with Gasteiger partial charge in [-0.25, -0.2) is 4.39 Å². The maximum atomic E-state index is 13.1. The van der Waals surface area contributed by atoms with Gasteiger partial charge in [0.1, 0.15) is 5.82 Å². The molecule has 1 aromatic carbocycles. The van der Waals surface area contributed by atoms with Crippen molar-refractivity contribution in [3.8, 4) is 0 Å². The van der Waals surface area contributed by atoms with Crippen molar-refractivity contribution in [2.45, 2.75) is 46.2 Å². The molecule has 0 aromatic heterocycles. The van der Waals surface area contributed by atoms with Crippen LogP contribution in [0, 0.1) is 12.7 Å². The Kier molecular flexibility index (Phi) is 5.48. The number of carbonyl (C=O) groups excluding carboxylic acids is 1. The average molecular weight is 266 g/mol. The Morgan fingerprint density at radius 1 is 1.32 bits per heavy atom. The fourth-order valence-electron chi connectivity index (χ4n) is 1.73. The minimum absolute atomic E-state index is 0.0373. The summed E-state index contributed by atoms with van der Waals surface area (Å²) in [6, 6.07) is 5.04. The van der Waals surface area contributed by atoms with Crippen LogP contribution in [0.25, 0.3) is 0 Å². The van der Waals surface area contributed by atoms with E-state index in [0.717, 1.165) is 5.56 Å². The lowest BCUT2D eigenvalue weighted by molar-refractivity contribution is -0.122. The number of hydrogen-bond donors (Lipinski definition) is 2. The molecular formula is C15H23FN2O. The first kappa shape index (κ1) is 15.6. The molecule has 0 atom stereocenters. The van der Waals surface area contributed by atoms with E-state index in [1.165, 1.54) is 6.07 Å². The Bertz CT molecular complexity index is 438. The summed E-state index contributed by atoms with van der Waals surface area (Å²) in [6.07, 6.45) is 0.442. The predicted octanol–water partition coefficient (Wildman–Crippen LogP) is 2.53. The lowest BCUT2D eigenvalue weighted by atomic mass is 10.1. The van der Waals surface area contributed by atoms with Gasteiger partial charge in [0.25, 0.3) is 0 Å². The van der Waals surface area contributed by atoms with E-state index in [0.29, 0.717) is 25.1 Å². The zero-order valence-corrected chi connectivity index (χ0v) is 12.1. The molecular weight excluding hydrogens is 243 g/mol. The number of nitrogens with one attached hydrogen (secondary N) is 2. The summed E-state index contributed by atoms with van der Waals surface area (Å²) in [4.78, 5) is 11.6. The van der Waals surface area contributed by atoms with Crippen molar-refractivity contribution in [1.82, 2.24) is 10.6 Å². The largest absolute Gasteiger partial charge is 0.351 e. The number of amides is 1. The van der Waals surface area contributed by atoms with Crippen LogP contribution in [0.3, 0.4) is 0 Å². The normalized spacial score (nSPS) is 11.4. The molecule has 3 nitrogen and oxygen atoms in total. The smallest absolute Gasteiger partial charge is 0.221 e. The number of rotatable bonds is 5. The van der Waals surface area contributed by atoms with Crippen LogP contribution in [-0.2, 0) is 11.3 Å². The summed E-state index contributed by atoms with van der Waals surface area (Å²) in [5.74, 6) is -0.149. The maximum Gasteiger partial charge on any atom is 0.221 e. The highest BCUT2D eigenvalue weighted by molar-refractivity contribution is 5.76. The van der Waals surface area contributed by atoms with Gasteiger partial charge in [0.2, 0.25) is 5.91 Å². The van der Waals surface area contributed by atoms with Crippen molar-refractivity contribution in [2.24, 2.45) is 0 Å². The van der Waals surface area contributed by atoms with Gasteiger partial charge in [-0.15, -0.1) is 0 Å². The third-order valence-corrected chi connectivity index (χ3v) is 2.59. The van der Waals surface area contributed by atoms with Gasteiger partial charge in [0.15, 0.2) is 0 Å². The van der Waals surface area contributed by atoms with Gasteiger partial charge in [0, 0.05) is 25.0 Å². The van der Waals surface area contributed by atoms with Crippen molar-refractivity contribution in [1.29, 1.82) is 0 Å². The van der Waals surface area contributed by atoms with E-state index in [-0.39, 0.29) is 17.3 Å². The van der Waals surface area contributed by atoms with Gasteiger partial charge in [-0.2, -0.15) is 0 Å². The summed E-state index contributed by atoms with van der Waals surface area (Å²) < 4.78 is 13.1. The second-order valence-electron chi connectivity index (χ2n) is 5.81. The van der Waals surface area contributed by atoms with Crippen molar-refractivity contribution in [3.63, 3.8) is 0 Å². The Balaban J connectivity index is 2.27. The number of aryl methyl sites for hydroxylation is 1. The van der Waals surface area contributed by atoms with Crippen LogP contribution in [0.4, 0.5) is 4.39 Å². The standard InChI is InChI=1S/C15H23FN2O/c1-11-9-12(5-6-13(11)16)10-17-8-7-14(19)18-15(2,3)4/h5-6,9,17H,7-8,10H2,1-4H3,(H,18,19).